The molecule has 18 heavy (non-hydrogen) atoms. The van der Waals surface area contributed by atoms with Crippen molar-refractivity contribution in [2.75, 3.05) is 6.54 Å². The summed E-state index contributed by atoms with van der Waals surface area (Å²) >= 11 is 0. The van der Waals surface area contributed by atoms with E-state index in [-0.39, 0.29) is 5.57 Å². The number of nitrogens with one attached hydrogen (secondary N) is 1. The molecular formula is C12H10F5N. The number of hydrogen-bond acceptors (Lipinski definition) is 1. The van der Waals surface area contributed by atoms with Gasteiger partial charge in [-0.3, -0.25) is 0 Å². The van der Waals surface area contributed by atoms with Gasteiger partial charge < -0.3 is 5.32 Å². The van der Waals surface area contributed by atoms with Crippen molar-refractivity contribution >= 4 is 5.57 Å². The Bertz CT molecular complexity index is 479. The van der Waals surface area contributed by atoms with E-state index < -0.39 is 34.6 Å². The molecule has 0 spiro atoms. The van der Waals surface area contributed by atoms with Crippen LogP contribution in [0.25, 0.3) is 5.57 Å². The van der Waals surface area contributed by atoms with Crippen molar-refractivity contribution in [1.29, 1.82) is 0 Å². The van der Waals surface area contributed by atoms with Crippen LogP contribution in [0, 0.1) is 29.1 Å². The first kappa shape index (κ1) is 14.2. The fraction of sp³-hybridized carbons (Fsp3) is 0.167. The minimum Gasteiger partial charge on any atom is -0.387 e. The van der Waals surface area contributed by atoms with E-state index in [1.165, 1.54) is 13.0 Å². The summed E-state index contributed by atoms with van der Waals surface area (Å²) in [5.74, 6) is -9.78. The van der Waals surface area contributed by atoms with E-state index in [4.69, 9.17) is 0 Å². The fourth-order valence-electron chi connectivity index (χ4n) is 1.32. The lowest BCUT2D eigenvalue weighted by Gasteiger charge is -2.08. The molecule has 1 rings (SSSR count). The second kappa shape index (κ2) is 5.66. The van der Waals surface area contributed by atoms with Crippen LogP contribution in [0.5, 0.6) is 0 Å². The quantitative estimate of drug-likeness (QED) is 0.288. The predicted molar refractivity (Wildman–Crippen MR) is 58.1 cm³/mol. The number of allylic oxidation sites excluding steroid dienone is 1. The zero-order valence-corrected chi connectivity index (χ0v) is 9.46. The number of halogens is 5. The van der Waals surface area contributed by atoms with Crippen LogP contribution in [0.4, 0.5) is 22.0 Å². The van der Waals surface area contributed by atoms with Crippen molar-refractivity contribution < 1.29 is 22.0 Å². The first-order chi connectivity index (χ1) is 8.41. The third-order valence-electron chi connectivity index (χ3n) is 2.18. The Morgan fingerprint density at radius 1 is 1.00 bits per heavy atom. The van der Waals surface area contributed by atoms with Crippen LogP contribution in [0.15, 0.2) is 18.9 Å². The molecule has 0 radical (unpaired) electrons. The van der Waals surface area contributed by atoms with E-state index in [0.717, 1.165) is 6.20 Å². The third kappa shape index (κ3) is 2.52. The maximum absolute atomic E-state index is 13.4. The zero-order valence-electron chi connectivity index (χ0n) is 9.46. The van der Waals surface area contributed by atoms with Gasteiger partial charge in [-0.1, -0.05) is 6.08 Å². The summed E-state index contributed by atoms with van der Waals surface area (Å²) < 4.78 is 65.3. The third-order valence-corrected chi connectivity index (χ3v) is 2.18. The van der Waals surface area contributed by atoms with E-state index in [0.29, 0.717) is 6.54 Å². The van der Waals surface area contributed by atoms with Crippen molar-refractivity contribution in [2.45, 2.75) is 6.92 Å². The SMILES string of the molecule is C=CCN/C=C(/C)c1c(F)c(F)c(F)c(F)c1F. The lowest BCUT2D eigenvalue weighted by Crippen LogP contribution is -2.09. The highest BCUT2D eigenvalue weighted by molar-refractivity contribution is 5.64. The van der Waals surface area contributed by atoms with Gasteiger partial charge in [0.05, 0.1) is 5.56 Å². The molecule has 1 nitrogen and oxygen atoms in total. The molecule has 0 heterocycles. The van der Waals surface area contributed by atoms with Gasteiger partial charge in [0.1, 0.15) is 0 Å². The summed E-state index contributed by atoms with van der Waals surface area (Å²) in [5, 5.41) is 2.59. The molecule has 0 saturated carbocycles. The Labute approximate surface area is 101 Å². The highest BCUT2D eigenvalue weighted by Gasteiger charge is 2.26. The standard InChI is InChI=1S/C12H10F5N/c1-3-4-18-5-6(2)7-8(13)10(15)12(17)11(16)9(7)14/h3,5,18H,1,4H2,2H3/b6-5-. The van der Waals surface area contributed by atoms with Crippen molar-refractivity contribution in [3.8, 4) is 0 Å². The highest BCUT2D eigenvalue weighted by atomic mass is 19.2. The molecule has 0 amide bonds. The molecule has 0 saturated heterocycles. The maximum Gasteiger partial charge on any atom is 0.200 e. The molecule has 98 valence electrons. The first-order valence-corrected chi connectivity index (χ1v) is 4.94. The van der Waals surface area contributed by atoms with Gasteiger partial charge in [-0.15, -0.1) is 6.58 Å². The summed E-state index contributed by atoms with van der Waals surface area (Å²) in [6, 6.07) is 0. The van der Waals surface area contributed by atoms with Crippen molar-refractivity contribution in [2.24, 2.45) is 0 Å². The monoisotopic (exact) mass is 263 g/mol. The first-order valence-electron chi connectivity index (χ1n) is 4.94. The van der Waals surface area contributed by atoms with Gasteiger partial charge >= 0.3 is 0 Å². The van der Waals surface area contributed by atoms with E-state index in [2.05, 4.69) is 11.9 Å². The maximum atomic E-state index is 13.4. The van der Waals surface area contributed by atoms with Crippen molar-refractivity contribution in [3.05, 3.63) is 53.5 Å². The Balaban J connectivity index is 3.32. The molecule has 0 aromatic heterocycles. The molecule has 0 aliphatic rings. The topological polar surface area (TPSA) is 12.0 Å². The molecule has 0 unspecified atom stereocenters. The summed E-state index contributed by atoms with van der Waals surface area (Å²) in [6.07, 6.45) is 2.63. The van der Waals surface area contributed by atoms with Crippen LogP contribution in [-0.2, 0) is 0 Å². The molecule has 6 heteroatoms. The minimum atomic E-state index is -2.17. The number of benzene rings is 1. The number of hydrogen-bond donors (Lipinski definition) is 1. The van der Waals surface area contributed by atoms with Crippen LogP contribution in [0.1, 0.15) is 12.5 Å². The van der Waals surface area contributed by atoms with Crippen molar-refractivity contribution in [1.82, 2.24) is 5.32 Å². The minimum absolute atomic E-state index is 0.107. The lowest BCUT2D eigenvalue weighted by molar-refractivity contribution is 0.376. The van der Waals surface area contributed by atoms with Gasteiger partial charge in [0.25, 0.3) is 0 Å². The van der Waals surface area contributed by atoms with Gasteiger partial charge in [0.2, 0.25) is 5.82 Å². The second-order valence-electron chi connectivity index (χ2n) is 3.47. The van der Waals surface area contributed by atoms with Crippen molar-refractivity contribution in [3.63, 3.8) is 0 Å². The summed E-state index contributed by atoms with van der Waals surface area (Å²) in [4.78, 5) is 0. The van der Waals surface area contributed by atoms with Crippen LogP contribution >= 0.6 is 0 Å². The molecule has 0 fully saturated rings. The van der Waals surface area contributed by atoms with Gasteiger partial charge in [-0.05, 0) is 12.5 Å². The molecule has 1 aromatic rings. The Morgan fingerprint density at radius 2 is 1.44 bits per heavy atom. The summed E-state index contributed by atoms with van der Waals surface area (Å²) in [7, 11) is 0. The molecule has 0 atom stereocenters. The Kier molecular flexibility index (Phi) is 4.47. The fourth-order valence-corrected chi connectivity index (χ4v) is 1.32. The van der Waals surface area contributed by atoms with E-state index >= 15 is 0 Å². The van der Waals surface area contributed by atoms with Gasteiger partial charge in [-0.2, -0.15) is 0 Å². The molecule has 1 aromatic carbocycles. The molecule has 0 aliphatic carbocycles. The number of rotatable bonds is 4. The van der Waals surface area contributed by atoms with Gasteiger partial charge in [0, 0.05) is 12.7 Å². The molecule has 0 bridgehead atoms. The Hall–Kier alpha value is -1.85. The normalized spacial score (nSPS) is 11.6. The smallest absolute Gasteiger partial charge is 0.200 e. The average Bonchev–Trinajstić information content (AvgIpc) is 2.34. The predicted octanol–water partition coefficient (Wildman–Crippen LogP) is 3.52. The Morgan fingerprint density at radius 3 is 1.89 bits per heavy atom. The zero-order chi connectivity index (χ0) is 13.9. The van der Waals surface area contributed by atoms with Crippen LogP contribution in [-0.4, -0.2) is 6.54 Å². The molecule has 1 N–H and O–H groups in total. The highest BCUT2D eigenvalue weighted by Crippen LogP contribution is 2.27. The average molecular weight is 263 g/mol. The van der Waals surface area contributed by atoms with Crippen LogP contribution < -0.4 is 5.32 Å². The van der Waals surface area contributed by atoms with E-state index in [1.54, 1.807) is 0 Å². The van der Waals surface area contributed by atoms with E-state index in [1.807, 2.05) is 0 Å². The summed E-state index contributed by atoms with van der Waals surface area (Å²) in [5.41, 5.74) is -1.05. The van der Waals surface area contributed by atoms with Gasteiger partial charge in [-0.25, -0.2) is 22.0 Å². The van der Waals surface area contributed by atoms with E-state index in [9.17, 15) is 22.0 Å². The van der Waals surface area contributed by atoms with Crippen LogP contribution in [0.3, 0.4) is 0 Å². The lowest BCUT2D eigenvalue weighted by atomic mass is 10.1. The largest absolute Gasteiger partial charge is 0.387 e. The van der Waals surface area contributed by atoms with Crippen LogP contribution in [0.2, 0.25) is 0 Å². The second-order valence-corrected chi connectivity index (χ2v) is 3.47. The summed E-state index contributed by atoms with van der Waals surface area (Å²) in [6.45, 7) is 4.92. The van der Waals surface area contributed by atoms with Gasteiger partial charge in [0.15, 0.2) is 23.3 Å². The molecule has 0 aliphatic heterocycles. The molecular weight excluding hydrogens is 253 g/mol.